The van der Waals surface area contributed by atoms with E-state index in [0.29, 0.717) is 0 Å². The van der Waals surface area contributed by atoms with Gasteiger partial charge in [-0.15, -0.1) is 11.3 Å². The lowest BCUT2D eigenvalue weighted by Crippen LogP contribution is -1.99. The minimum Gasteiger partial charge on any atom is -0.381 e. The summed E-state index contributed by atoms with van der Waals surface area (Å²) in [6, 6.07) is 15.2. The Bertz CT molecular complexity index is 713. The van der Waals surface area contributed by atoms with Crippen molar-refractivity contribution < 1.29 is 0 Å². The first kappa shape index (κ1) is 13.1. The number of aryl methyl sites for hydroxylation is 2. The Labute approximate surface area is 123 Å². The first-order valence-corrected chi connectivity index (χ1v) is 7.75. The van der Waals surface area contributed by atoms with Crippen molar-refractivity contribution in [3.05, 3.63) is 58.6 Å². The molecule has 0 spiro atoms. The van der Waals surface area contributed by atoms with E-state index in [9.17, 15) is 0 Å². The van der Waals surface area contributed by atoms with E-state index in [1.807, 2.05) is 6.92 Å². The van der Waals surface area contributed by atoms with Crippen LogP contribution in [0.1, 0.15) is 23.1 Å². The molecule has 0 aliphatic heterocycles. The highest BCUT2D eigenvalue weighted by molar-refractivity contribution is 7.18. The molecule has 0 aliphatic rings. The second kappa shape index (κ2) is 5.63. The Kier molecular flexibility index (Phi) is 3.70. The van der Waals surface area contributed by atoms with Crippen LogP contribution >= 0.6 is 11.3 Å². The van der Waals surface area contributed by atoms with Crippen molar-refractivity contribution in [1.82, 2.24) is 4.98 Å². The number of nitrogens with one attached hydrogen (secondary N) is 1. The lowest BCUT2D eigenvalue weighted by Gasteiger charge is -2.07. The third-order valence-electron chi connectivity index (χ3n) is 3.42. The van der Waals surface area contributed by atoms with Crippen molar-refractivity contribution in [3.63, 3.8) is 0 Å². The van der Waals surface area contributed by atoms with Crippen molar-refractivity contribution >= 4 is 27.2 Å². The van der Waals surface area contributed by atoms with Gasteiger partial charge in [-0.2, -0.15) is 0 Å². The predicted octanol–water partition coefficient (Wildman–Crippen LogP) is 4.78. The first-order chi connectivity index (χ1) is 9.74. The topological polar surface area (TPSA) is 24.9 Å². The van der Waals surface area contributed by atoms with E-state index in [1.165, 1.54) is 15.8 Å². The largest absolute Gasteiger partial charge is 0.381 e. The molecule has 0 atom stereocenters. The molecule has 102 valence electrons. The smallest absolute Gasteiger partial charge is 0.0907 e. The normalized spacial score (nSPS) is 10.9. The molecule has 0 saturated carbocycles. The fraction of sp³-hybridized carbons (Fsp3) is 0.235. The fourth-order valence-corrected chi connectivity index (χ4v) is 3.11. The van der Waals surface area contributed by atoms with E-state index in [0.717, 1.165) is 29.2 Å². The van der Waals surface area contributed by atoms with Gasteiger partial charge in [-0.3, -0.25) is 0 Å². The summed E-state index contributed by atoms with van der Waals surface area (Å²) in [6.45, 7) is 5.08. The van der Waals surface area contributed by atoms with Gasteiger partial charge in [0.1, 0.15) is 0 Å². The zero-order valence-corrected chi connectivity index (χ0v) is 12.6. The number of thiazole rings is 1. The lowest BCUT2D eigenvalue weighted by molar-refractivity contribution is 1.11. The van der Waals surface area contributed by atoms with Crippen LogP contribution in [-0.4, -0.2) is 4.98 Å². The predicted molar refractivity (Wildman–Crippen MR) is 87.5 cm³/mol. The molecule has 1 aromatic heterocycles. The van der Waals surface area contributed by atoms with Crippen molar-refractivity contribution in [3.8, 4) is 0 Å². The number of benzene rings is 2. The number of hydrogen-bond donors (Lipinski definition) is 1. The third-order valence-corrected chi connectivity index (χ3v) is 4.36. The van der Waals surface area contributed by atoms with Crippen LogP contribution < -0.4 is 5.32 Å². The molecule has 0 unspecified atom stereocenters. The Balaban J connectivity index is 1.72. The molecular formula is C17H18N2S. The highest BCUT2D eigenvalue weighted by Gasteiger charge is 2.01. The highest BCUT2D eigenvalue weighted by atomic mass is 32.1. The monoisotopic (exact) mass is 282 g/mol. The number of nitrogens with zero attached hydrogens (tertiary/aromatic N) is 1. The lowest BCUT2D eigenvalue weighted by atomic mass is 10.1. The molecule has 2 aromatic carbocycles. The molecule has 20 heavy (non-hydrogen) atoms. The van der Waals surface area contributed by atoms with Crippen molar-refractivity contribution in [2.45, 2.75) is 26.8 Å². The molecule has 0 amide bonds. The standard InChI is InChI=1S/C17H18N2S/c1-3-13-4-6-14(7-5-13)11-18-15-8-9-16-17(10-15)20-12(2)19-16/h4-10,18H,3,11H2,1-2H3. The van der Waals surface area contributed by atoms with Gasteiger partial charge in [0.25, 0.3) is 0 Å². The SMILES string of the molecule is CCc1ccc(CNc2ccc3nc(C)sc3c2)cc1. The molecular weight excluding hydrogens is 264 g/mol. The molecule has 3 rings (SSSR count). The summed E-state index contributed by atoms with van der Waals surface area (Å²) >= 11 is 1.74. The summed E-state index contributed by atoms with van der Waals surface area (Å²) in [7, 11) is 0. The van der Waals surface area contributed by atoms with E-state index < -0.39 is 0 Å². The zero-order valence-electron chi connectivity index (χ0n) is 11.8. The van der Waals surface area contributed by atoms with Gasteiger partial charge in [0.2, 0.25) is 0 Å². The average Bonchev–Trinajstić information content (AvgIpc) is 2.85. The van der Waals surface area contributed by atoms with Gasteiger partial charge >= 0.3 is 0 Å². The molecule has 3 aromatic rings. The zero-order chi connectivity index (χ0) is 13.9. The van der Waals surface area contributed by atoms with Gasteiger partial charge in [-0.25, -0.2) is 4.98 Å². The average molecular weight is 282 g/mol. The van der Waals surface area contributed by atoms with Crippen LogP contribution in [0.2, 0.25) is 0 Å². The van der Waals surface area contributed by atoms with Crippen LogP contribution in [0.15, 0.2) is 42.5 Å². The van der Waals surface area contributed by atoms with E-state index in [-0.39, 0.29) is 0 Å². The van der Waals surface area contributed by atoms with Crippen molar-refractivity contribution in [2.24, 2.45) is 0 Å². The van der Waals surface area contributed by atoms with Crippen LogP contribution in [0.4, 0.5) is 5.69 Å². The summed E-state index contributed by atoms with van der Waals surface area (Å²) in [6.07, 6.45) is 1.09. The molecule has 2 nitrogen and oxygen atoms in total. The third kappa shape index (κ3) is 2.83. The van der Waals surface area contributed by atoms with Gasteiger partial charge in [0.05, 0.1) is 15.2 Å². The molecule has 1 N–H and O–H groups in total. The van der Waals surface area contributed by atoms with Gasteiger partial charge < -0.3 is 5.32 Å². The van der Waals surface area contributed by atoms with E-state index in [2.05, 4.69) is 59.7 Å². The second-order valence-corrected chi connectivity index (χ2v) is 6.17. The summed E-state index contributed by atoms with van der Waals surface area (Å²) in [5.41, 5.74) is 4.93. The van der Waals surface area contributed by atoms with Crippen molar-refractivity contribution in [2.75, 3.05) is 5.32 Å². The summed E-state index contributed by atoms with van der Waals surface area (Å²) in [5.74, 6) is 0. The summed E-state index contributed by atoms with van der Waals surface area (Å²) in [4.78, 5) is 4.48. The summed E-state index contributed by atoms with van der Waals surface area (Å²) < 4.78 is 1.24. The van der Waals surface area contributed by atoms with Gasteiger partial charge in [0.15, 0.2) is 0 Å². The molecule has 0 fully saturated rings. The Morgan fingerprint density at radius 1 is 1.05 bits per heavy atom. The maximum Gasteiger partial charge on any atom is 0.0907 e. The molecule has 3 heteroatoms. The maximum atomic E-state index is 4.48. The molecule has 0 aliphatic carbocycles. The summed E-state index contributed by atoms with van der Waals surface area (Å²) in [5, 5.41) is 4.60. The van der Waals surface area contributed by atoms with Crippen LogP contribution in [0.25, 0.3) is 10.2 Å². The van der Waals surface area contributed by atoms with Crippen LogP contribution in [-0.2, 0) is 13.0 Å². The molecule has 1 heterocycles. The Morgan fingerprint density at radius 3 is 2.55 bits per heavy atom. The number of aromatic nitrogens is 1. The van der Waals surface area contributed by atoms with Gasteiger partial charge in [-0.05, 0) is 42.7 Å². The maximum absolute atomic E-state index is 4.48. The highest BCUT2D eigenvalue weighted by Crippen LogP contribution is 2.25. The number of hydrogen-bond acceptors (Lipinski definition) is 3. The minimum absolute atomic E-state index is 0.854. The van der Waals surface area contributed by atoms with Crippen LogP contribution in [0, 0.1) is 6.92 Å². The Morgan fingerprint density at radius 2 is 1.80 bits per heavy atom. The number of fused-ring (bicyclic) bond motifs is 1. The van der Waals surface area contributed by atoms with Crippen LogP contribution in [0.5, 0.6) is 0 Å². The minimum atomic E-state index is 0.854. The molecule has 0 radical (unpaired) electrons. The van der Waals surface area contributed by atoms with Gasteiger partial charge in [-0.1, -0.05) is 31.2 Å². The van der Waals surface area contributed by atoms with Crippen molar-refractivity contribution in [1.29, 1.82) is 0 Å². The van der Waals surface area contributed by atoms with E-state index >= 15 is 0 Å². The first-order valence-electron chi connectivity index (χ1n) is 6.93. The quantitative estimate of drug-likeness (QED) is 0.745. The Hall–Kier alpha value is -1.87. The van der Waals surface area contributed by atoms with Crippen LogP contribution in [0.3, 0.4) is 0 Å². The molecule has 0 bridgehead atoms. The van der Waals surface area contributed by atoms with E-state index in [1.54, 1.807) is 11.3 Å². The van der Waals surface area contributed by atoms with Gasteiger partial charge in [0, 0.05) is 12.2 Å². The number of rotatable bonds is 4. The van der Waals surface area contributed by atoms with E-state index in [4.69, 9.17) is 0 Å². The molecule has 0 saturated heterocycles. The fourth-order valence-electron chi connectivity index (χ4n) is 2.25. The second-order valence-electron chi connectivity index (χ2n) is 4.94. The number of anilines is 1.